The summed E-state index contributed by atoms with van der Waals surface area (Å²) in [6.07, 6.45) is 13.9. The molecule has 0 unspecified atom stereocenters. The summed E-state index contributed by atoms with van der Waals surface area (Å²) in [6.45, 7) is 2.21. The molecule has 1 aromatic heterocycles. The first-order chi connectivity index (χ1) is 12.9. The molecule has 0 bridgehead atoms. The van der Waals surface area contributed by atoms with Gasteiger partial charge in [-0.05, 0) is 18.6 Å². The predicted octanol–water partition coefficient (Wildman–Crippen LogP) is 5.41. The summed E-state index contributed by atoms with van der Waals surface area (Å²) in [5.74, 6) is -0.381. The van der Waals surface area contributed by atoms with Crippen molar-refractivity contribution in [3.05, 3.63) is 23.7 Å². The third kappa shape index (κ3) is 13.5. The Bertz CT molecular complexity index is 620. The van der Waals surface area contributed by atoms with E-state index in [4.69, 9.17) is 13.7 Å². The number of hydrogen-bond donors (Lipinski definition) is 1. The summed E-state index contributed by atoms with van der Waals surface area (Å²) >= 11 is 0. The zero-order valence-corrected chi connectivity index (χ0v) is 17.3. The Morgan fingerprint density at radius 2 is 1.44 bits per heavy atom. The van der Waals surface area contributed by atoms with E-state index < -0.39 is 15.9 Å². The lowest BCUT2D eigenvalue weighted by molar-refractivity contribution is -0.145. The summed E-state index contributed by atoms with van der Waals surface area (Å²) < 4.78 is 40.6. The van der Waals surface area contributed by atoms with Crippen LogP contribution in [0.3, 0.4) is 0 Å². The highest BCUT2D eigenvalue weighted by atomic mass is 32.2. The third-order valence-corrected chi connectivity index (χ3v) is 5.05. The quantitative estimate of drug-likeness (QED) is 0.226. The van der Waals surface area contributed by atoms with Crippen LogP contribution in [0.15, 0.2) is 16.5 Å². The van der Waals surface area contributed by atoms with Crippen molar-refractivity contribution in [2.45, 2.75) is 96.3 Å². The fourth-order valence-electron chi connectivity index (χ4n) is 2.91. The molecule has 1 heterocycles. The van der Waals surface area contributed by atoms with Gasteiger partial charge in [0.15, 0.2) is 0 Å². The SMILES string of the molecule is CCCCCCCCCCCCCC(=O)OCc1ccc(CS(=O)(=O)O)o1. The molecule has 0 aliphatic rings. The van der Waals surface area contributed by atoms with Crippen LogP contribution in [0.1, 0.15) is 95.5 Å². The number of rotatable bonds is 16. The first-order valence-electron chi connectivity index (χ1n) is 10.1. The molecule has 0 aliphatic carbocycles. The Morgan fingerprint density at radius 3 is 2.00 bits per heavy atom. The van der Waals surface area contributed by atoms with Gasteiger partial charge in [0.1, 0.15) is 23.9 Å². The molecule has 27 heavy (non-hydrogen) atoms. The zero-order chi connectivity index (χ0) is 20.0. The highest BCUT2D eigenvalue weighted by Crippen LogP contribution is 2.14. The van der Waals surface area contributed by atoms with E-state index in [2.05, 4.69) is 6.92 Å². The minimum absolute atomic E-state index is 0.0255. The van der Waals surface area contributed by atoms with Gasteiger partial charge >= 0.3 is 5.97 Å². The van der Waals surface area contributed by atoms with E-state index in [1.807, 2.05) is 0 Å². The summed E-state index contributed by atoms with van der Waals surface area (Å²) in [5, 5.41) is 0. The second-order valence-corrected chi connectivity index (χ2v) is 8.49. The van der Waals surface area contributed by atoms with E-state index >= 15 is 0 Å². The molecule has 0 fully saturated rings. The number of hydrogen-bond acceptors (Lipinski definition) is 5. The lowest BCUT2D eigenvalue weighted by atomic mass is 10.1. The Balaban J connectivity index is 1.99. The minimum atomic E-state index is -4.13. The van der Waals surface area contributed by atoms with E-state index in [1.165, 1.54) is 63.5 Å². The van der Waals surface area contributed by atoms with Crippen LogP contribution >= 0.6 is 0 Å². The van der Waals surface area contributed by atoms with Crippen molar-refractivity contribution < 1.29 is 26.9 Å². The second kappa shape index (κ2) is 13.8. The monoisotopic (exact) mass is 402 g/mol. The molecule has 0 aliphatic heterocycles. The van der Waals surface area contributed by atoms with Crippen LogP contribution in [0.5, 0.6) is 0 Å². The molecule has 7 heteroatoms. The maximum Gasteiger partial charge on any atom is 0.306 e. The topological polar surface area (TPSA) is 93.8 Å². The van der Waals surface area contributed by atoms with E-state index in [1.54, 1.807) is 0 Å². The van der Waals surface area contributed by atoms with E-state index in [0.717, 1.165) is 19.3 Å². The maximum absolute atomic E-state index is 11.7. The highest BCUT2D eigenvalue weighted by molar-refractivity contribution is 7.84. The van der Waals surface area contributed by atoms with Crippen LogP contribution in [-0.2, 0) is 32.0 Å². The van der Waals surface area contributed by atoms with E-state index in [-0.39, 0.29) is 18.3 Å². The van der Waals surface area contributed by atoms with Gasteiger partial charge in [-0.25, -0.2) is 0 Å². The largest absolute Gasteiger partial charge is 0.461 e. The van der Waals surface area contributed by atoms with Gasteiger partial charge in [0, 0.05) is 6.42 Å². The molecule has 1 N–H and O–H groups in total. The summed E-state index contributed by atoms with van der Waals surface area (Å²) in [5.41, 5.74) is 0. The lowest BCUT2D eigenvalue weighted by Gasteiger charge is -2.04. The van der Waals surface area contributed by atoms with Crippen LogP contribution in [0.25, 0.3) is 0 Å². The molecule has 1 aromatic rings. The molecule has 156 valence electrons. The van der Waals surface area contributed by atoms with Crippen molar-refractivity contribution in [1.29, 1.82) is 0 Å². The predicted molar refractivity (Wildman–Crippen MR) is 105 cm³/mol. The van der Waals surface area contributed by atoms with Crippen LogP contribution in [0.4, 0.5) is 0 Å². The third-order valence-electron chi connectivity index (χ3n) is 4.40. The van der Waals surface area contributed by atoms with Gasteiger partial charge in [-0.2, -0.15) is 8.42 Å². The smallest absolute Gasteiger partial charge is 0.306 e. The molecule has 0 amide bonds. The molecule has 0 aromatic carbocycles. The standard InChI is InChI=1S/C20H34O6S/c1-2-3-4-5-6-7-8-9-10-11-12-13-20(21)25-16-18-14-15-19(26-18)17-27(22,23)24/h14-15H,2-13,16-17H2,1H3,(H,22,23,24). The van der Waals surface area contributed by atoms with Crippen molar-refractivity contribution >= 4 is 16.1 Å². The molecule has 1 rings (SSSR count). The van der Waals surface area contributed by atoms with Gasteiger partial charge in [0.05, 0.1) is 0 Å². The second-order valence-electron chi connectivity index (χ2n) is 7.04. The molecule has 6 nitrogen and oxygen atoms in total. The number of furan rings is 1. The Labute approximate surface area is 163 Å². The van der Waals surface area contributed by atoms with Gasteiger partial charge in [-0.3, -0.25) is 9.35 Å². The van der Waals surface area contributed by atoms with Crippen LogP contribution in [-0.4, -0.2) is 18.9 Å². The fraction of sp³-hybridized carbons (Fsp3) is 0.750. The van der Waals surface area contributed by atoms with Crippen molar-refractivity contribution in [3.8, 4) is 0 Å². The first kappa shape index (κ1) is 23.7. The van der Waals surface area contributed by atoms with Crippen LogP contribution in [0, 0.1) is 0 Å². The Morgan fingerprint density at radius 1 is 0.926 bits per heavy atom. The maximum atomic E-state index is 11.7. The normalized spacial score (nSPS) is 11.6. The van der Waals surface area contributed by atoms with Crippen molar-refractivity contribution in [1.82, 2.24) is 0 Å². The van der Waals surface area contributed by atoms with Gasteiger partial charge in [-0.15, -0.1) is 0 Å². The Kier molecular flexibility index (Phi) is 12.1. The number of carbonyl (C=O) groups is 1. The summed E-state index contributed by atoms with van der Waals surface area (Å²) in [6, 6.07) is 2.98. The molecular formula is C20H34O6S. The van der Waals surface area contributed by atoms with Gasteiger partial charge < -0.3 is 9.15 Å². The van der Waals surface area contributed by atoms with Crippen molar-refractivity contribution in [2.24, 2.45) is 0 Å². The molecule has 0 radical (unpaired) electrons. The fourth-order valence-corrected chi connectivity index (χ4v) is 3.43. The summed E-state index contributed by atoms with van der Waals surface area (Å²) in [4.78, 5) is 11.7. The van der Waals surface area contributed by atoms with Crippen molar-refractivity contribution in [3.63, 3.8) is 0 Å². The minimum Gasteiger partial charge on any atom is -0.461 e. The first-order valence-corrected chi connectivity index (χ1v) is 11.7. The van der Waals surface area contributed by atoms with E-state index in [9.17, 15) is 13.2 Å². The van der Waals surface area contributed by atoms with Crippen molar-refractivity contribution in [2.75, 3.05) is 0 Å². The van der Waals surface area contributed by atoms with Crippen LogP contribution in [0.2, 0.25) is 0 Å². The van der Waals surface area contributed by atoms with Gasteiger partial charge in [-0.1, -0.05) is 71.1 Å². The number of ether oxygens (including phenoxy) is 1. The van der Waals surface area contributed by atoms with Gasteiger partial charge in [0.2, 0.25) is 0 Å². The Hall–Kier alpha value is -1.34. The van der Waals surface area contributed by atoms with Gasteiger partial charge in [0.25, 0.3) is 10.1 Å². The number of esters is 1. The molecule has 0 spiro atoms. The average Bonchev–Trinajstić information content (AvgIpc) is 3.03. The van der Waals surface area contributed by atoms with Crippen LogP contribution < -0.4 is 0 Å². The molecule has 0 atom stereocenters. The highest BCUT2D eigenvalue weighted by Gasteiger charge is 2.12. The van der Waals surface area contributed by atoms with E-state index in [0.29, 0.717) is 12.2 Å². The lowest BCUT2D eigenvalue weighted by Crippen LogP contribution is -2.04. The average molecular weight is 403 g/mol. The number of unbranched alkanes of at least 4 members (excludes halogenated alkanes) is 10. The zero-order valence-electron chi connectivity index (χ0n) is 16.5. The molecule has 0 saturated carbocycles. The molecular weight excluding hydrogens is 368 g/mol. The summed E-state index contributed by atoms with van der Waals surface area (Å²) in [7, 11) is -4.13. The molecule has 0 saturated heterocycles. The number of carbonyl (C=O) groups excluding carboxylic acids is 1.